The maximum absolute atomic E-state index is 10.6. The van der Waals surface area contributed by atoms with Crippen molar-refractivity contribution in [3.8, 4) is 0 Å². The molecular weight excluding hydrogens is 228 g/mol. The summed E-state index contributed by atoms with van der Waals surface area (Å²) in [5.41, 5.74) is 12.6. The molecule has 0 saturated heterocycles. The lowest BCUT2D eigenvalue weighted by Gasteiger charge is -2.19. The number of hydrogen-bond acceptors (Lipinski definition) is 3. The summed E-state index contributed by atoms with van der Waals surface area (Å²) in [5.74, 6) is -0.932. The average Bonchev–Trinajstić information content (AvgIpc) is 2.36. The topological polar surface area (TPSA) is 89.3 Å². The molecule has 0 radical (unpaired) electrons. The van der Waals surface area contributed by atoms with Crippen molar-refractivity contribution in [3.63, 3.8) is 0 Å². The van der Waals surface area contributed by atoms with E-state index in [0.717, 1.165) is 16.3 Å². The van der Waals surface area contributed by atoms with E-state index in [1.165, 1.54) is 0 Å². The molecule has 2 rings (SSSR count). The van der Waals surface area contributed by atoms with Crippen LogP contribution in [0.25, 0.3) is 10.8 Å². The molecule has 18 heavy (non-hydrogen) atoms. The van der Waals surface area contributed by atoms with Crippen LogP contribution in [0.2, 0.25) is 0 Å². The minimum atomic E-state index is -0.932. The molecule has 0 aliphatic heterocycles. The van der Waals surface area contributed by atoms with Crippen molar-refractivity contribution in [2.24, 2.45) is 11.5 Å². The van der Waals surface area contributed by atoms with Crippen LogP contribution < -0.4 is 11.5 Å². The molecule has 0 aliphatic rings. The molecule has 2 atom stereocenters. The minimum absolute atomic E-state index is 0.131. The third-order valence-electron chi connectivity index (χ3n) is 3.03. The highest BCUT2D eigenvalue weighted by Gasteiger charge is 2.18. The molecule has 0 amide bonds. The highest BCUT2D eigenvalue weighted by molar-refractivity contribution is 5.83. The molecule has 4 heteroatoms. The number of nitrogens with two attached hydrogens (primary N) is 2. The van der Waals surface area contributed by atoms with Crippen LogP contribution in [0.15, 0.2) is 42.5 Å². The second-order valence-electron chi connectivity index (χ2n) is 4.39. The molecule has 0 aromatic heterocycles. The normalized spacial score (nSPS) is 14.3. The van der Waals surface area contributed by atoms with Gasteiger partial charge in [0.2, 0.25) is 0 Å². The van der Waals surface area contributed by atoms with Gasteiger partial charge in [-0.1, -0.05) is 36.4 Å². The highest BCUT2D eigenvalue weighted by atomic mass is 16.4. The highest BCUT2D eigenvalue weighted by Crippen LogP contribution is 2.21. The number of aliphatic carboxylic acids is 1. The minimum Gasteiger partial charge on any atom is -0.481 e. The lowest BCUT2D eigenvalue weighted by Crippen LogP contribution is -2.36. The Morgan fingerprint density at radius 3 is 2.44 bits per heavy atom. The van der Waals surface area contributed by atoms with Crippen LogP contribution in [0.1, 0.15) is 18.0 Å². The molecule has 2 aromatic rings. The first-order valence-corrected chi connectivity index (χ1v) is 5.79. The van der Waals surface area contributed by atoms with Gasteiger partial charge < -0.3 is 16.6 Å². The SMILES string of the molecule is NC(CC(=O)O)C(N)c1ccc2ccccc2c1. The van der Waals surface area contributed by atoms with Crippen LogP contribution in [0, 0.1) is 0 Å². The maximum atomic E-state index is 10.6. The summed E-state index contributed by atoms with van der Waals surface area (Å²) < 4.78 is 0. The fraction of sp³-hybridized carbons (Fsp3) is 0.214. The summed E-state index contributed by atoms with van der Waals surface area (Å²) in [6.07, 6.45) is -0.131. The lowest BCUT2D eigenvalue weighted by molar-refractivity contribution is -0.137. The van der Waals surface area contributed by atoms with Crippen LogP contribution in [0.4, 0.5) is 0 Å². The van der Waals surface area contributed by atoms with Gasteiger partial charge in [0.1, 0.15) is 0 Å². The molecule has 2 unspecified atom stereocenters. The van der Waals surface area contributed by atoms with E-state index in [9.17, 15) is 4.79 Å². The third kappa shape index (κ3) is 2.67. The van der Waals surface area contributed by atoms with E-state index >= 15 is 0 Å². The van der Waals surface area contributed by atoms with Crippen molar-refractivity contribution >= 4 is 16.7 Å². The Bertz CT molecular complexity index is 568. The maximum Gasteiger partial charge on any atom is 0.304 e. The van der Waals surface area contributed by atoms with Gasteiger partial charge in [-0.2, -0.15) is 0 Å². The largest absolute Gasteiger partial charge is 0.481 e. The molecule has 0 bridgehead atoms. The van der Waals surface area contributed by atoms with E-state index in [0.29, 0.717) is 0 Å². The van der Waals surface area contributed by atoms with Gasteiger partial charge in [-0.15, -0.1) is 0 Å². The number of hydrogen-bond donors (Lipinski definition) is 3. The van der Waals surface area contributed by atoms with Crippen LogP contribution in [0.3, 0.4) is 0 Å². The van der Waals surface area contributed by atoms with Gasteiger partial charge in [0, 0.05) is 12.1 Å². The molecule has 0 fully saturated rings. The Labute approximate surface area is 105 Å². The Balaban J connectivity index is 2.27. The van der Waals surface area contributed by atoms with E-state index in [4.69, 9.17) is 16.6 Å². The van der Waals surface area contributed by atoms with Crippen LogP contribution in [-0.4, -0.2) is 17.1 Å². The van der Waals surface area contributed by atoms with Crippen molar-refractivity contribution in [3.05, 3.63) is 48.0 Å². The number of carboxylic acids is 1. The molecule has 0 heterocycles. The Hall–Kier alpha value is -1.91. The van der Waals surface area contributed by atoms with Crippen molar-refractivity contribution < 1.29 is 9.90 Å². The van der Waals surface area contributed by atoms with Gasteiger partial charge in [-0.3, -0.25) is 4.79 Å². The van der Waals surface area contributed by atoms with Crippen molar-refractivity contribution in [2.75, 3.05) is 0 Å². The van der Waals surface area contributed by atoms with Gasteiger partial charge in [0.05, 0.1) is 6.42 Å². The molecule has 2 aromatic carbocycles. The van der Waals surface area contributed by atoms with Crippen molar-refractivity contribution in [1.82, 2.24) is 0 Å². The van der Waals surface area contributed by atoms with Gasteiger partial charge >= 0.3 is 5.97 Å². The summed E-state index contributed by atoms with van der Waals surface area (Å²) in [6, 6.07) is 12.7. The summed E-state index contributed by atoms with van der Waals surface area (Å²) in [6.45, 7) is 0. The summed E-state index contributed by atoms with van der Waals surface area (Å²) in [7, 11) is 0. The molecule has 5 N–H and O–H groups in total. The lowest BCUT2D eigenvalue weighted by atomic mass is 9.96. The standard InChI is InChI=1S/C14H16N2O2/c15-12(8-13(17)18)14(16)11-6-5-9-3-1-2-4-10(9)7-11/h1-7,12,14H,8,15-16H2,(H,17,18). The number of fused-ring (bicyclic) bond motifs is 1. The number of carbonyl (C=O) groups is 1. The fourth-order valence-electron chi connectivity index (χ4n) is 1.99. The Morgan fingerprint density at radius 2 is 1.78 bits per heavy atom. The zero-order valence-electron chi connectivity index (χ0n) is 9.91. The second-order valence-corrected chi connectivity index (χ2v) is 4.39. The number of rotatable bonds is 4. The molecular formula is C14H16N2O2. The van der Waals surface area contributed by atoms with Crippen molar-refractivity contribution in [2.45, 2.75) is 18.5 Å². The Kier molecular flexibility index (Phi) is 3.60. The van der Waals surface area contributed by atoms with E-state index in [1.807, 2.05) is 42.5 Å². The van der Waals surface area contributed by atoms with Crippen LogP contribution in [-0.2, 0) is 4.79 Å². The molecule has 4 nitrogen and oxygen atoms in total. The van der Waals surface area contributed by atoms with E-state index in [1.54, 1.807) is 0 Å². The quantitative estimate of drug-likeness (QED) is 0.762. The van der Waals surface area contributed by atoms with E-state index in [2.05, 4.69) is 0 Å². The van der Waals surface area contributed by atoms with E-state index in [-0.39, 0.29) is 6.42 Å². The van der Waals surface area contributed by atoms with E-state index < -0.39 is 18.1 Å². The number of benzene rings is 2. The first kappa shape index (κ1) is 12.5. The fourth-order valence-corrected chi connectivity index (χ4v) is 1.99. The second kappa shape index (κ2) is 5.16. The predicted molar refractivity (Wildman–Crippen MR) is 71.1 cm³/mol. The third-order valence-corrected chi connectivity index (χ3v) is 3.03. The Morgan fingerprint density at radius 1 is 1.11 bits per heavy atom. The summed E-state index contributed by atoms with van der Waals surface area (Å²) >= 11 is 0. The van der Waals surface area contributed by atoms with Crippen LogP contribution >= 0.6 is 0 Å². The van der Waals surface area contributed by atoms with Crippen molar-refractivity contribution in [1.29, 1.82) is 0 Å². The zero-order chi connectivity index (χ0) is 13.1. The number of carboxylic acid groups (broad SMARTS) is 1. The molecule has 94 valence electrons. The first-order valence-electron chi connectivity index (χ1n) is 5.79. The summed E-state index contributed by atoms with van der Waals surface area (Å²) in [4.78, 5) is 10.6. The monoisotopic (exact) mass is 244 g/mol. The average molecular weight is 244 g/mol. The van der Waals surface area contributed by atoms with Gasteiger partial charge in [0.15, 0.2) is 0 Å². The van der Waals surface area contributed by atoms with Gasteiger partial charge in [-0.25, -0.2) is 0 Å². The molecule has 0 aliphatic carbocycles. The first-order chi connectivity index (χ1) is 8.58. The smallest absolute Gasteiger partial charge is 0.304 e. The van der Waals surface area contributed by atoms with Crippen LogP contribution in [0.5, 0.6) is 0 Å². The molecule has 0 spiro atoms. The predicted octanol–water partition coefficient (Wildman–Crippen LogP) is 1.64. The zero-order valence-corrected chi connectivity index (χ0v) is 9.91. The molecule has 0 saturated carbocycles. The van der Waals surface area contributed by atoms with Gasteiger partial charge in [0.25, 0.3) is 0 Å². The summed E-state index contributed by atoms with van der Waals surface area (Å²) in [5, 5.41) is 10.9. The van der Waals surface area contributed by atoms with Gasteiger partial charge in [-0.05, 0) is 22.4 Å².